The van der Waals surface area contributed by atoms with Crippen molar-refractivity contribution in [3.63, 3.8) is 0 Å². The lowest BCUT2D eigenvalue weighted by Gasteiger charge is -2.23. The first-order chi connectivity index (χ1) is 8.58. The van der Waals surface area contributed by atoms with Crippen molar-refractivity contribution in [3.05, 3.63) is 42.5 Å². The first kappa shape index (κ1) is 12.3. The van der Waals surface area contributed by atoms with Crippen LogP contribution in [0.4, 0.5) is 0 Å². The van der Waals surface area contributed by atoms with Gasteiger partial charge in [-0.15, -0.1) is 0 Å². The van der Waals surface area contributed by atoms with Gasteiger partial charge in [-0.05, 0) is 57.3 Å². The molecule has 0 amide bonds. The van der Waals surface area contributed by atoms with E-state index in [1.54, 1.807) is 12.1 Å². The van der Waals surface area contributed by atoms with Crippen molar-refractivity contribution >= 4 is 45.2 Å². The van der Waals surface area contributed by atoms with Crippen molar-refractivity contribution in [2.24, 2.45) is 0 Å². The Morgan fingerprint density at radius 1 is 0.833 bits per heavy atom. The molecule has 2 aromatic rings. The summed E-state index contributed by atoms with van der Waals surface area (Å²) in [6.45, 7) is 0. The van der Waals surface area contributed by atoms with Gasteiger partial charge >= 0.3 is 0 Å². The zero-order valence-electron chi connectivity index (χ0n) is 9.08. The normalized spacial score (nSPS) is 12.6. The predicted octanol–water partition coefficient (Wildman–Crippen LogP) is 4.00. The van der Waals surface area contributed by atoms with Crippen molar-refractivity contribution in [2.45, 2.75) is 6.42 Å². The van der Waals surface area contributed by atoms with Gasteiger partial charge in [0.1, 0.15) is 23.0 Å². The van der Waals surface area contributed by atoms with Gasteiger partial charge in [-0.3, -0.25) is 0 Å². The minimum absolute atomic E-state index is 0.216. The molecular weight excluding hydrogens is 458 g/mol. The van der Waals surface area contributed by atoms with Crippen molar-refractivity contribution < 1.29 is 14.9 Å². The SMILES string of the molecule is Oc1ccc2c(c1I)Oc1c(ccc(O)c1I)C2. The quantitative estimate of drug-likeness (QED) is 0.493. The molecule has 3 nitrogen and oxygen atoms in total. The highest BCUT2D eigenvalue weighted by atomic mass is 127. The van der Waals surface area contributed by atoms with E-state index >= 15 is 0 Å². The smallest absolute Gasteiger partial charge is 0.148 e. The van der Waals surface area contributed by atoms with Crippen LogP contribution in [0.1, 0.15) is 11.1 Å². The first-order valence-electron chi connectivity index (χ1n) is 5.26. The Morgan fingerprint density at radius 3 is 1.72 bits per heavy atom. The molecule has 92 valence electrons. The van der Waals surface area contributed by atoms with Crippen LogP contribution in [0.5, 0.6) is 23.0 Å². The molecule has 2 N–H and O–H groups in total. The topological polar surface area (TPSA) is 49.7 Å². The highest BCUT2D eigenvalue weighted by Crippen LogP contribution is 2.45. The van der Waals surface area contributed by atoms with Crippen LogP contribution in [0.2, 0.25) is 0 Å². The number of aromatic hydroxyl groups is 2. The zero-order valence-corrected chi connectivity index (χ0v) is 13.4. The number of fused-ring (bicyclic) bond motifs is 2. The second kappa shape index (κ2) is 4.44. The molecule has 0 spiro atoms. The summed E-state index contributed by atoms with van der Waals surface area (Å²) in [7, 11) is 0. The first-order valence-corrected chi connectivity index (χ1v) is 7.42. The molecule has 0 saturated carbocycles. The minimum Gasteiger partial charge on any atom is -0.507 e. The minimum atomic E-state index is 0.216. The van der Waals surface area contributed by atoms with Gasteiger partial charge in [-0.2, -0.15) is 0 Å². The Kier molecular flexibility index (Phi) is 3.05. The number of benzene rings is 2. The molecule has 5 heteroatoms. The van der Waals surface area contributed by atoms with Crippen molar-refractivity contribution in [1.29, 1.82) is 0 Å². The number of phenols is 2. The predicted molar refractivity (Wildman–Crippen MR) is 84.5 cm³/mol. The Morgan fingerprint density at radius 2 is 1.28 bits per heavy atom. The lowest BCUT2D eigenvalue weighted by molar-refractivity contribution is 0.424. The molecule has 2 aromatic carbocycles. The number of halogens is 2. The van der Waals surface area contributed by atoms with Gasteiger partial charge in [-0.25, -0.2) is 0 Å². The van der Waals surface area contributed by atoms with Gasteiger partial charge in [-0.1, -0.05) is 12.1 Å². The van der Waals surface area contributed by atoms with Crippen molar-refractivity contribution in [1.82, 2.24) is 0 Å². The van der Waals surface area contributed by atoms with Crippen molar-refractivity contribution in [2.75, 3.05) is 0 Å². The van der Waals surface area contributed by atoms with Crippen LogP contribution >= 0.6 is 45.2 Å². The average molecular weight is 466 g/mol. The Hall–Kier alpha value is -0.700. The van der Waals surface area contributed by atoms with E-state index in [1.165, 1.54) is 0 Å². The Bertz CT molecular complexity index is 598. The fraction of sp³-hybridized carbons (Fsp3) is 0.0769. The van der Waals surface area contributed by atoms with Gasteiger partial charge < -0.3 is 14.9 Å². The number of hydrogen-bond donors (Lipinski definition) is 2. The van der Waals surface area contributed by atoms with Crippen LogP contribution < -0.4 is 4.74 Å². The average Bonchev–Trinajstić information content (AvgIpc) is 2.37. The standard InChI is InChI=1S/C13H8I2O3/c14-10-8(16)3-1-6-5-7-2-4-9(17)11(15)13(7)18-12(6)10/h1-4,16-17H,5H2. The summed E-state index contributed by atoms with van der Waals surface area (Å²) in [6, 6.07) is 7.10. The monoisotopic (exact) mass is 466 g/mol. The summed E-state index contributed by atoms with van der Waals surface area (Å²) >= 11 is 4.13. The molecule has 0 aliphatic carbocycles. The van der Waals surface area contributed by atoms with Gasteiger partial charge in [0.25, 0.3) is 0 Å². The molecule has 0 aromatic heterocycles. The molecule has 0 unspecified atom stereocenters. The number of rotatable bonds is 0. The van der Waals surface area contributed by atoms with Crippen LogP contribution in [0, 0.1) is 7.14 Å². The van der Waals surface area contributed by atoms with Crippen LogP contribution in [0.15, 0.2) is 24.3 Å². The van der Waals surface area contributed by atoms with Crippen molar-refractivity contribution in [3.8, 4) is 23.0 Å². The largest absolute Gasteiger partial charge is 0.507 e. The molecule has 1 aliphatic heterocycles. The molecule has 0 saturated heterocycles. The summed E-state index contributed by atoms with van der Waals surface area (Å²) in [4.78, 5) is 0. The molecule has 1 aliphatic rings. The summed E-state index contributed by atoms with van der Waals surface area (Å²) in [5.74, 6) is 1.80. The second-order valence-electron chi connectivity index (χ2n) is 4.05. The third-order valence-electron chi connectivity index (χ3n) is 2.90. The molecule has 0 bridgehead atoms. The van der Waals surface area contributed by atoms with Gasteiger partial charge in [0, 0.05) is 17.5 Å². The van der Waals surface area contributed by atoms with Crippen LogP contribution in [-0.4, -0.2) is 10.2 Å². The molecule has 1 heterocycles. The lowest BCUT2D eigenvalue weighted by atomic mass is 10.00. The fourth-order valence-electron chi connectivity index (χ4n) is 1.98. The van der Waals surface area contributed by atoms with Gasteiger partial charge in [0.2, 0.25) is 0 Å². The Labute approximate surface area is 131 Å². The van der Waals surface area contributed by atoms with Crippen LogP contribution in [0.3, 0.4) is 0 Å². The van der Waals surface area contributed by atoms with Gasteiger partial charge in [0.05, 0.1) is 7.14 Å². The third kappa shape index (κ3) is 1.83. The molecule has 0 fully saturated rings. The second-order valence-corrected chi connectivity index (χ2v) is 6.21. The molecule has 18 heavy (non-hydrogen) atoms. The number of ether oxygens (including phenoxy) is 1. The van der Waals surface area contributed by atoms with E-state index in [-0.39, 0.29) is 11.5 Å². The summed E-state index contributed by atoms with van der Waals surface area (Å²) in [5, 5.41) is 19.4. The number of phenolic OH excluding ortho intramolecular Hbond substituents is 2. The maximum atomic E-state index is 9.71. The Balaban J connectivity index is 2.19. The fourth-order valence-corrected chi connectivity index (χ4v) is 3.25. The third-order valence-corrected chi connectivity index (χ3v) is 4.99. The zero-order chi connectivity index (χ0) is 12.9. The summed E-state index contributed by atoms with van der Waals surface area (Å²) in [5.41, 5.74) is 2.09. The molecular formula is C13H8I2O3. The highest BCUT2D eigenvalue weighted by Gasteiger charge is 2.23. The number of hydrogen-bond acceptors (Lipinski definition) is 3. The van der Waals surface area contributed by atoms with E-state index in [0.717, 1.165) is 17.5 Å². The highest BCUT2D eigenvalue weighted by molar-refractivity contribution is 14.1. The summed E-state index contributed by atoms with van der Waals surface area (Å²) in [6.07, 6.45) is 0.747. The van der Waals surface area contributed by atoms with Crippen LogP contribution in [-0.2, 0) is 6.42 Å². The maximum Gasteiger partial charge on any atom is 0.148 e. The van der Waals surface area contributed by atoms with E-state index in [1.807, 2.05) is 12.1 Å². The van der Waals surface area contributed by atoms with E-state index in [9.17, 15) is 10.2 Å². The lowest BCUT2D eigenvalue weighted by Crippen LogP contribution is -2.06. The van der Waals surface area contributed by atoms with E-state index < -0.39 is 0 Å². The van der Waals surface area contributed by atoms with Crippen LogP contribution in [0.25, 0.3) is 0 Å². The molecule has 0 radical (unpaired) electrons. The van der Waals surface area contributed by atoms with Gasteiger partial charge in [0.15, 0.2) is 0 Å². The molecule has 0 atom stereocenters. The van der Waals surface area contributed by atoms with E-state index in [2.05, 4.69) is 45.2 Å². The molecule has 3 rings (SSSR count). The van der Waals surface area contributed by atoms with E-state index in [0.29, 0.717) is 18.6 Å². The summed E-state index contributed by atoms with van der Waals surface area (Å²) < 4.78 is 7.27. The maximum absolute atomic E-state index is 9.71. The van der Waals surface area contributed by atoms with E-state index in [4.69, 9.17) is 4.74 Å².